The van der Waals surface area contributed by atoms with Crippen molar-refractivity contribution in [3.8, 4) is 5.75 Å². The normalized spacial score (nSPS) is 16.2. The maximum absolute atomic E-state index is 12.5. The lowest BCUT2D eigenvalue weighted by molar-refractivity contribution is -0.143. The van der Waals surface area contributed by atoms with Crippen molar-refractivity contribution < 1.29 is 24.2 Å². The molecule has 3 rings (SSSR count). The largest absolute Gasteiger partial charge is 0.489 e. The third-order valence-corrected chi connectivity index (χ3v) is 4.47. The van der Waals surface area contributed by atoms with Gasteiger partial charge in [0.15, 0.2) is 0 Å². The molecule has 0 bridgehead atoms. The van der Waals surface area contributed by atoms with Crippen LogP contribution in [0.3, 0.4) is 0 Å². The molecule has 0 aliphatic carbocycles. The van der Waals surface area contributed by atoms with E-state index in [0.717, 1.165) is 16.7 Å². The van der Waals surface area contributed by atoms with Crippen LogP contribution in [-0.2, 0) is 29.1 Å². The van der Waals surface area contributed by atoms with Crippen LogP contribution in [0.15, 0.2) is 48.5 Å². The number of fused-ring (bicyclic) bond motifs is 1. The van der Waals surface area contributed by atoms with E-state index in [1.807, 2.05) is 48.5 Å². The van der Waals surface area contributed by atoms with Crippen LogP contribution in [-0.4, -0.2) is 33.7 Å². The molecule has 0 radical (unpaired) electrons. The zero-order valence-electron chi connectivity index (χ0n) is 16.3. The third kappa shape index (κ3) is 4.82. The number of carbonyl (C=O) groups excluding carboxylic acids is 1. The van der Waals surface area contributed by atoms with Gasteiger partial charge in [0.2, 0.25) is 0 Å². The summed E-state index contributed by atoms with van der Waals surface area (Å²) >= 11 is 0. The van der Waals surface area contributed by atoms with Crippen molar-refractivity contribution in [3.63, 3.8) is 0 Å². The Balaban J connectivity index is 1.78. The van der Waals surface area contributed by atoms with Gasteiger partial charge in [-0.15, -0.1) is 0 Å². The Labute approximate surface area is 164 Å². The maximum atomic E-state index is 12.5. The zero-order valence-corrected chi connectivity index (χ0v) is 16.3. The van der Waals surface area contributed by atoms with Gasteiger partial charge in [-0.3, -0.25) is 4.90 Å². The minimum Gasteiger partial charge on any atom is -0.489 e. The predicted octanol–water partition coefficient (Wildman–Crippen LogP) is 4.01. The van der Waals surface area contributed by atoms with Gasteiger partial charge in [0, 0.05) is 6.42 Å². The van der Waals surface area contributed by atoms with Crippen LogP contribution in [0.2, 0.25) is 0 Å². The highest BCUT2D eigenvalue weighted by Crippen LogP contribution is 2.29. The monoisotopic (exact) mass is 383 g/mol. The average Bonchev–Trinajstić information content (AvgIpc) is 2.64. The lowest BCUT2D eigenvalue weighted by Crippen LogP contribution is -2.50. The number of rotatable bonds is 4. The molecule has 1 aliphatic rings. The van der Waals surface area contributed by atoms with Crippen molar-refractivity contribution in [3.05, 3.63) is 65.2 Å². The summed E-state index contributed by atoms with van der Waals surface area (Å²) in [5.41, 5.74) is 2.14. The number of aliphatic carboxylic acids is 1. The Kier molecular flexibility index (Phi) is 5.58. The van der Waals surface area contributed by atoms with E-state index in [-0.39, 0.29) is 13.0 Å². The molecule has 0 aromatic heterocycles. The van der Waals surface area contributed by atoms with Gasteiger partial charge in [-0.05, 0) is 49.6 Å². The summed E-state index contributed by atoms with van der Waals surface area (Å²) in [5, 5.41) is 9.57. The molecular formula is C22H25NO5. The first kappa shape index (κ1) is 19.7. The number of carboxylic acid groups (broad SMARTS) is 1. The lowest BCUT2D eigenvalue weighted by atomic mass is 9.94. The van der Waals surface area contributed by atoms with E-state index in [1.165, 1.54) is 4.90 Å². The summed E-state index contributed by atoms with van der Waals surface area (Å²) in [6.07, 6.45) is -0.385. The van der Waals surface area contributed by atoms with Crippen LogP contribution in [0, 0.1) is 0 Å². The highest BCUT2D eigenvalue weighted by Gasteiger charge is 2.37. The standard InChI is InChI=1S/C22H25NO5/c1-22(2,3)28-21(26)23-13-17-11-18(27-14-15-7-5-4-6-8-15)10-9-16(17)12-19(23)20(24)25/h4-11,19H,12-14H2,1-3H3,(H,24,25)/t19-/m0/s1. The minimum atomic E-state index is -1.04. The number of carboxylic acids is 1. The molecule has 148 valence electrons. The van der Waals surface area contributed by atoms with E-state index in [1.54, 1.807) is 20.8 Å². The number of carbonyl (C=O) groups is 2. The summed E-state index contributed by atoms with van der Waals surface area (Å²) in [5.74, 6) is -0.360. The van der Waals surface area contributed by atoms with E-state index >= 15 is 0 Å². The molecule has 0 saturated heterocycles. The second-order valence-corrected chi connectivity index (χ2v) is 7.87. The first-order valence-electron chi connectivity index (χ1n) is 9.24. The SMILES string of the molecule is CC(C)(C)OC(=O)N1Cc2cc(OCc3ccccc3)ccc2C[C@H]1C(=O)O. The quantitative estimate of drug-likeness (QED) is 0.863. The summed E-state index contributed by atoms with van der Waals surface area (Å²) in [7, 11) is 0. The molecule has 1 amide bonds. The Bertz CT molecular complexity index is 857. The van der Waals surface area contributed by atoms with Crippen molar-refractivity contribution in [1.29, 1.82) is 0 Å². The molecule has 6 nitrogen and oxygen atoms in total. The van der Waals surface area contributed by atoms with Gasteiger partial charge in [0.1, 0.15) is 24.0 Å². The number of ether oxygens (including phenoxy) is 2. The first-order chi connectivity index (χ1) is 13.2. The lowest BCUT2D eigenvalue weighted by Gasteiger charge is -2.35. The fraction of sp³-hybridized carbons (Fsp3) is 0.364. The van der Waals surface area contributed by atoms with Crippen molar-refractivity contribution >= 4 is 12.1 Å². The molecule has 1 atom stereocenters. The van der Waals surface area contributed by atoms with E-state index in [4.69, 9.17) is 9.47 Å². The molecule has 2 aromatic carbocycles. The van der Waals surface area contributed by atoms with Crippen LogP contribution in [0.25, 0.3) is 0 Å². The topological polar surface area (TPSA) is 76.1 Å². The molecule has 28 heavy (non-hydrogen) atoms. The van der Waals surface area contributed by atoms with Crippen molar-refractivity contribution in [2.24, 2.45) is 0 Å². The number of hydrogen-bond donors (Lipinski definition) is 1. The van der Waals surface area contributed by atoms with E-state index < -0.39 is 23.7 Å². The molecule has 2 aromatic rings. The summed E-state index contributed by atoms with van der Waals surface area (Å²) in [4.78, 5) is 25.5. The number of benzene rings is 2. The number of hydrogen-bond acceptors (Lipinski definition) is 4. The van der Waals surface area contributed by atoms with Crippen LogP contribution in [0.4, 0.5) is 4.79 Å². The van der Waals surface area contributed by atoms with Gasteiger partial charge < -0.3 is 14.6 Å². The van der Waals surface area contributed by atoms with Gasteiger partial charge in [-0.1, -0.05) is 36.4 Å². The Morgan fingerprint density at radius 3 is 2.46 bits per heavy atom. The van der Waals surface area contributed by atoms with Crippen LogP contribution < -0.4 is 4.74 Å². The maximum Gasteiger partial charge on any atom is 0.411 e. The summed E-state index contributed by atoms with van der Waals surface area (Å²) in [6.45, 7) is 5.88. The van der Waals surface area contributed by atoms with Crippen LogP contribution in [0.1, 0.15) is 37.5 Å². The van der Waals surface area contributed by atoms with Crippen molar-refractivity contribution in [2.75, 3.05) is 0 Å². The molecule has 0 saturated carbocycles. The average molecular weight is 383 g/mol. The molecule has 1 heterocycles. The second-order valence-electron chi connectivity index (χ2n) is 7.87. The molecular weight excluding hydrogens is 358 g/mol. The molecule has 0 unspecified atom stereocenters. The first-order valence-corrected chi connectivity index (χ1v) is 9.24. The molecule has 6 heteroatoms. The fourth-order valence-electron chi connectivity index (χ4n) is 3.12. The smallest absolute Gasteiger partial charge is 0.411 e. The molecule has 1 aliphatic heterocycles. The summed E-state index contributed by atoms with van der Waals surface area (Å²) < 4.78 is 11.3. The highest BCUT2D eigenvalue weighted by atomic mass is 16.6. The van der Waals surface area contributed by atoms with E-state index in [9.17, 15) is 14.7 Å². The van der Waals surface area contributed by atoms with Crippen LogP contribution in [0.5, 0.6) is 5.75 Å². The van der Waals surface area contributed by atoms with Crippen molar-refractivity contribution in [1.82, 2.24) is 4.90 Å². The van der Waals surface area contributed by atoms with Crippen molar-refractivity contribution in [2.45, 2.75) is 52.0 Å². The summed E-state index contributed by atoms with van der Waals surface area (Å²) in [6, 6.07) is 14.5. The molecule has 1 N–H and O–H groups in total. The second kappa shape index (κ2) is 7.92. The fourth-order valence-corrected chi connectivity index (χ4v) is 3.12. The van der Waals surface area contributed by atoms with Gasteiger partial charge in [0.05, 0.1) is 6.54 Å². The van der Waals surface area contributed by atoms with Gasteiger partial charge in [-0.2, -0.15) is 0 Å². The van der Waals surface area contributed by atoms with Gasteiger partial charge >= 0.3 is 12.1 Å². The van der Waals surface area contributed by atoms with Crippen LogP contribution >= 0.6 is 0 Å². The predicted molar refractivity (Wildman–Crippen MR) is 104 cm³/mol. The Hall–Kier alpha value is -3.02. The number of amides is 1. The third-order valence-electron chi connectivity index (χ3n) is 4.47. The minimum absolute atomic E-state index is 0.170. The molecule has 0 spiro atoms. The Morgan fingerprint density at radius 1 is 1.11 bits per heavy atom. The van der Waals surface area contributed by atoms with Gasteiger partial charge in [-0.25, -0.2) is 9.59 Å². The van der Waals surface area contributed by atoms with E-state index in [0.29, 0.717) is 12.4 Å². The zero-order chi connectivity index (χ0) is 20.3. The number of nitrogens with zero attached hydrogens (tertiary/aromatic N) is 1. The van der Waals surface area contributed by atoms with E-state index in [2.05, 4.69) is 0 Å². The molecule has 0 fully saturated rings. The Morgan fingerprint density at radius 2 is 1.82 bits per heavy atom. The highest BCUT2D eigenvalue weighted by molar-refractivity contribution is 5.81. The van der Waals surface area contributed by atoms with Gasteiger partial charge in [0.25, 0.3) is 0 Å².